The quantitative estimate of drug-likeness (QED) is 0.900. The highest BCUT2D eigenvalue weighted by atomic mass is 16.5. The van der Waals surface area contributed by atoms with Crippen LogP contribution in [-0.4, -0.2) is 17.5 Å². The molecule has 1 atom stereocenters. The topological polar surface area (TPSA) is 77.2 Å². The van der Waals surface area contributed by atoms with Crippen molar-refractivity contribution in [3.63, 3.8) is 0 Å². The maximum absolute atomic E-state index is 12.3. The molecular weight excluding hydrogens is 266 g/mol. The van der Waals surface area contributed by atoms with Crippen LogP contribution in [0, 0.1) is 0 Å². The molecule has 1 aliphatic rings. The zero-order valence-electron chi connectivity index (χ0n) is 11.6. The average Bonchev–Trinajstić information content (AvgIpc) is 2.55. The third-order valence-electron chi connectivity index (χ3n) is 3.56. The third-order valence-corrected chi connectivity index (χ3v) is 3.56. The van der Waals surface area contributed by atoms with Gasteiger partial charge in [-0.15, -0.1) is 0 Å². The van der Waals surface area contributed by atoms with Crippen LogP contribution in [0.25, 0.3) is 0 Å². The van der Waals surface area contributed by atoms with E-state index in [2.05, 4.69) is 10.3 Å². The molecular formula is C16H17N3O2. The molecule has 1 amide bonds. The van der Waals surface area contributed by atoms with E-state index >= 15 is 0 Å². The largest absolute Gasteiger partial charge is 0.493 e. The van der Waals surface area contributed by atoms with Crippen LogP contribution >= 0.6 is 0 Å². The van der Waals surface area contributed by atoms with Crippen LogP contribution in [0.2, 0.25) is 0 Å². The average molecular weight is 283 g/mol. The number of benzene rings is 1. The van der Waals surface area contributed by atoms with Crippen molar-refractivity contribution in [2.75, 3.05) is 6.61 Å². The van der Waals surface area contributed by atoms with E-state index in [1.165, 1.54) is 0 Å². The lowest BCUT2D eigenvalue weighted by Gasteiger charge is -2.26. The van der Waals surface area contributed by atoms with Crippen molar-refractivity contribution in [3.05, 3.63) is 59.4 Å². The lowest BCUT2D eigenvalue weighted by Crippen LogP contribution is -2.32. The number of nitrogens with two attached hydrogens (primary N) is 1. The fourth-order valence-corrected chi connectivity index (χ4v) is 2.40. The molecule has 2 heterocycles. The number of fused-ring (bicyclic) bond motifs is 1. The molecule has 1 aromatic heterocycles. The highest BCUT2D eigenvalue weighted by molar-refractivity contribution is 5.92. The summed E-state index contributed by atoms with van der Waals surface area (Å²) in [6, 6.07) is 11.2. The van der Waals surface area contributed by atoms with Crippen molar-refractivity contribution in [3.8, 4) is 5.75 Å². The summed E-state index contributed by atoms with van der Waals surface area (Å²) in [6.07, 6.45) is 2.39. The Balaban J connectivity index is 1.76. The maximum atomic E-state index is 12.3. The number of para-hydroxylation sites is 1. The SMILES string of the molecule is NCc1ccc(C(=O)NC2CCOc3ccccc32)nc1. The standard InChI is InChI=1S/C16H17N3O2/c17-9-11-5-6-14(18-10-11)16(20)19-13-7-8-21-15-4-2-1-3-12(13)15/h1-6,10,13H,7-9,17H2,(H,19,20). The summed E-state index contributed by atoms with van der Waals surface area (Å²) in [5.74, 6) is 0.653. The second-order valence-electron chi connectivity index (χ2n) is 4.96. The summed E-state index contributed by atoms with van der Waals surface area (Å²) >= 11 is 0. The van der Waals surface area contributed by atoms with E-state index in [1.54, 1.807) is 12.3 Å². The Kier molecular flexibility index (Phi) is 3.83. The maximum Gasteiger partial charge on any atom is 0.270 e. The van der Waals surface area contributed by atoms with Gasteiger partial charge in [-0.25, -0.2) is 0 Å². The third kappa shape index (κ3) is 2.87. The van der Waals surface area contributed by atoms with Gasteiger partial charge in [-0.05, 0) is 17.7 Å². The van der Waals surface area contributed by atoms with Gasteiger partial charge in [0.15, 0.2) is 0 Å². The van der Waals surface area contributed by atoms with E-state index in [9.17, 15) is 4.79 Å². The number of hydrogen-bond acceptors (Lipinski definition) is 4. The first-order valence-electron chi connectivity index (χ1n) is 6.95. The molecule has 0 radical (unpaired) electrons. The number of ether oxygens (including phenoxy) is 1. The molecule has 2 aromatic rings. The molecule has 0 saturated heterocycles. The molecule has 21 heavy (non-hydrogen) atoms. The van der Waals surface area contributed by atoms with E-state index in [0.29, 0.717) is 18.8 Å². The lowest BCUT2D eigenvalue weighted by molar-refractivity contribution is 0.0919. The number of hydrogen-bond donors (Lipinski definition) is 2. The van der Waals surface area contributed by atoms with Crippen LogP contribution in [-0.2, 0) is 6.54 Å². The van der Waals surface area contributed by atoms with Crippen molar-refractivity contribution in [1.29, 1.82) is 0 Å². The molecule has 1 aromatic carbocycles. The lowest BCUT2D eigenvalue weighted by atomic mass is 10.0. The van der Waals surface area contributed by atoms with Crippen LogP contribution in [0.15, 0.2) is 42.6 Å². The molecule has 0 aliphatic carbocycles. The summed E-state index contributed by atoms with van der Waals surface area (Å²) in [4.78, 5) is 16.4. The van der Waals surface area contributed by atoms with Crippen molar-refractivity contribution < 1.29 is 9.53 Å². The fourth-order valence-electron chi connectivity index (χ4n) is 2.40. The van der Waals surface area contributed by atoms with Crippen molar-refractivity contribution in [2.24, 2.45) is 5.73 Å². The first-order valence-corrected chi connectivity index (χ1v) is 6.95. The van der Waals surface area contributed by atoms with Gasteiger partial charge in [-0.1, -0.05) is 24.3 Å². The van der Waals surface area contributed by atoms with Gasteiger partial charge in [0.25, 0.3) is 5.91 Å². The highest BCUT2D eigenvalue weighted by Crippen LogP contribution is 2.31. The molecule has 0 bridgehead atoms. The van der Waals surface area contributed by atoms with Crippen LogP contribution in [0.1, 0.15) is 34.1 Å². The predicted molar refractivity (Wildman–Crippen MR) is 78.9 cm³/mol. The summed E-state index contributed by atoms with van der Waals surface area (Å²) in [5.41, 5.74) is 7.84. The summed E-state index contributed by atoms with van der Waals surface area (Å²) in [6.45, 7) is 1.02. The highest BCUT2D eigenvalue weighted by Gasteiger charge is 2.23. The van der Waals surface area contributed by atoms with E-state index in [1.807, 2.05) is 30.3 Å². The van der Waals surface area contributed by atoms with E-state index in [-0.39, 0.29) is 11.9 Å². The number of amides is 1. The Morgan fingerprint density at radius 1 is 1.33 bits per heavy atom. The van der Waals surface area contributed by atoms with Gasteiger partial charge in [0.2, 0.25) is 0 Å². The predicted octanol–water partition coefficient (Wildman–Crippen LogP) is 1.79. The second-order valence-corrected chi connectivity index (χ2v) is 4.96. The molecule has 1 aliphatic heterocycles. The monoisotopic (exact) mass is 283 g/mol. The zero-order valence-corrected chi connectivity index (χ0v) is 11.6. The van der Waals surface area contributed by atoms with Gasteiger partial charge in [-0.2, -0.15) is 0 Å². The van der Waals surface area contributed by atoms with Gasteiger partial charge < -0.3 is 15.8 Å². The molecule has 0 spiro atoms. The summed E-state index contributed by atoms with van der Waals surface area (Å²) in [7, 11) is 0. The van der Waals surface area contributed by atoms with Crippen LogP contribution < -0.4 is 15.8 Å². The van der Waals surface area contributed by atoms with E-state index in [0.717, 1.165) is 23.3 Å². The normalized spacial score (nSPS) is 16.7. The first-order chi connectivity index (χ1) is 10.3. The molecule has 5 heteroatoms. The minimum absolute atomic E-state index is 0.0431. The molecule has 5 nitrogen and oxygen atoms in total. The minimum Gasteiger partial charge on any atom is -0.493 e. The molecule has 0 saturated carbocycles. The van der Waals surface area contributed by atoms with Crippen molar-refractivity contribution in [1.82, 2.24) is 10.3 Å². The number of pyridine rings is 1. The van der Waals surface area contributed by atoms with Crippen LogP contribution in [0.3, 0.4) is 0 Å². The number of carbonyl (C=O) groups excluding carboxylic acids is 1. The number of carbonyl (C=O) groups is 1. The second kappa shape index (κ2) is 5.93. The van der Waals surface area contributed by atoms with Crippen molar-refractivity contribution >= 4 is 5.91 Å². The summed E-state index contributed by atoms with van der Waals surface area (Å²) in [5, 5.41) is 3.02. The van der Waals surface area contributed by atoms with Crippen LogP contribution in [0.5, 0.6) is 5.75 Å². The molecule has 3 N–H and O–H groups in total. The van der Waals surface area contributed by atoms with Gasteiger partial charge in [0.05, 0.1) is 12.6 Å². The Labute approximate surface area is 123 Å². The molecule has 0 fully saturated rings. The van der Waals surface area contributed by atoms with Crippen LogP contribution in [0.4, 0.5) is 0 Å². The smallest absolute Gasteiger partial charge is 0.270 e. The first kappa shape index (κ1) is 13.6. The Bertz CT molecular complexity index is 640. The Hall–Kier alpha value is -2.40. The van der Waals surface area contributed by atoms with Gasteiger partial charge in [0.1, 0.15) is 11.4 Å². The Morgan fingerprint density at radius 3 is 2.95 bits per heavy atom. The Morgan fingerprint density at radius 2 is 2.19 bits per heavy atom. The fraction of sp³-hybridized carbons (Fsp3) is 0.250. The van der Waals surface area contributed by atoms with Gasteiger partial charge >= 0.3 is 0 Å². The van der Waals surface area contributed by atoms with Gasteiger partial charge in [0, 0.05) is 24.7 Å². The van der Waals surface area contributed by atoms with E-state index < -0.39 is 0 Å². The molecule has 1 unspecified atom stereocenters. The van der Waals surface area contributed by atoms with E-state index in [4.69, 9.17) is 10.5 Å². The van der Waals surface area contributed by atoms with Gasteiger partial charge in [-0.3, -0.25) is 9.78 Å². The molecule has 108 valence electrons. The summed E-state index contributed by atoms with van der Waals surface area (Å²) < 4.78 is 5.59. The minimum atomic E-state index is -0.180. The molecule has 3 rings (SSSR count). The number of nitrogens with zero attached hydrogens (tertiary/aromatic N) is 1. The van der Waals surface area contributed by atoms with Crippen molar-refractivity contribution in [2.45, 2.75) is 19.0 Å². The number of nitrogens with one attached hydrogen (secondary N) is 1. The zero-order chi connectivity index (χ0) is 14.7. The number of aromatic nitrogens is 1. The number of rotatable bonds is 3.